The molecule has 0 aromatic heterocycles. The van der Waals surface area contributed by atoms with Crippen LogP contribution in [0.5, 0.6) is 17.2 Å². The number of carbonyl (C=O) groups excluding carboxylic acids is 1. The topological polar surface area (TPSA) is 94.5 Å². The lowest BCUT2D eigenvalue weighted by Gasteiger charge is -2.28. The van der Waals surface area contributed by atoms with Crippen molar-refractivity contribution in [3.63, 3.8) is 0 Å². The monoisotopic (exact) mass is 324 g/mol. The van der Waals surface area contributed by atoms with Crippen LogP contribution in [-0.2, 0) is 9.47 Å². The fourth-order valence-electron chi connectivity index (χ4n) is 3.21. The molecule has 0 spiro atoms. The molecule has 2 aliphatic heterocycles. The first kappa shape index (κ1) is 15.9. The lowest BCUT2D eigenvalue weighted by atomic mass is 9.93. The van der Waals surface area contributed by atoms with E-state index in [1.807, 2.05) is 6.92 Å². The van der Waals surface area contributed by atoms with Gasteiger partial charge < -0.3 is 29.2 Å². The molecule has 0 bridgehead atoms. The molecule has 1 saturated heterocycles. The Labute approximate surface area is 133 Å². The number of methoxy groups -OCH3 is 2. The van der Waals surface area contributed by atoms with E-state index < -0.39 is 30.4 Å². The third-order valence-corrected chi connectivity index (χ3v) is 4.42. The Morgan fingerprint density at radius 2 is 2.13 bits per heavy atom. The van der Waals surface area contributed by atoms with Gasteiger partial charge in [-0.2, -0.15) is 0 Å². The van der Waals surface area contributed by atoms with Gasteiger partial charge >= 0.3 is 5.97 Å². The molecular formula is C16H20O7. The molecule has 0 aliphatic carbocycles. The SMILES string of the molecule is CCC(O)C1CC2OC(=O)c3c(cc(OC)c(OC)c3O)C2O1. The van der Waals surface area contributed by atoms with E-state index in [0.29, 0.717) is 24.2 Å². The Kier molecular flexibility index (Phi) is 4.08. The van der Waals surface area contributed by atoms with E-state index in [2.05, 4.69) is 0 Å². The molecule has 0 saturated carbocycles. The summed E-state index contributed by atoms with van der Waals surface area (Å²) in [6, 6.07) is 1.62. The van der Waals surface area contributed by atoms with E-state index >= 15 is 0 Å². The number of rotatable bonds is 4. The van der Waals surface area contributed by atoms with E-state index in [9.17, 15) is 15.0 Å². The van der Waals surface area contributed by atoms with Crippen molar-refractivity contribution in [2.45, 2.75) is 44.2 Å². The number of ether oxygens (including phenoxy) is 4. The zero-order valence-electron chi connectivity index (χ0n) is 13.2. The van der Waals surface area contributed by atoms with Crippen molar-refractivity contribution < 1.29 is 34.0 Å². The van der Waals surface area contributed by atoms with Gasteiger partial charge in [0.05, 0.1) is 26.4 Å². The van der Waals surface area contributed by atoms with Gasteiger partial charge in [-0.25, -0.2) is 4.79 Å². The summed E-state index contributed by atoms with van der Waals surface area (Å²) in [5.74, 6) is -0.576. The molecular weight excluding hydrogens is 304 g/mol. The van der Waals surface area contributed by atoms with Crippen LogP contribution in [0.25, 0.3) is 0 Å². The zero-order chi connectivity index (χ0) is 16.7. The third kappa shape index (κ3) is 2.40. The lowest BCUT2D eigenvalue weighted by molar-refractivity contribution is -0.0544. The molecule has 2 heterocycles. The van der Waals surface area contributed by atoms with Gasteiger partial charge in [-0.05, 0) is 12.5 Å². The zero-order valence-corrected chi connectivity index (χ0v) is 13.2. The number of aliphatic hydroxyl groups excluding tert-OH is 1. The first-order valence-electron chi connectivity index (χ1n) is 7.54. The Bertz CT molecular complexity index is 627. The van der Waals surface area contributed by atoms with Gasteiger partial charge in [-0.15, -0.1) is 0 Å². The molecule has 2 N–H and O–H groups in total. The summed E-state index contributed by atoms with van der Waals surface area (Å²) in [5.41, 5.74) is 0.516. The Morgan fingerprint density at radius 1 is 1.39 bits per heavy atom. The van der Waals surface area contributed by atoms with Gasteiger partial charge in [0.15, 0.2) is 11.5 Å². The normalized spacial score (nSPS) is 27.0. The first-order chi connectivity index (χ1) is 11.0. The molecule has 3 rings (SSSR count). The van der Waals surface area contributed by atoms with Crippen LogP contribution in [0.4, 0.5) is 0 Å². The maximum atomic E-state index is 12.3. The van der Waals surface area contributed by atoms with Crippen LogP contribution in [0.15, 0.2) is 6.07 Å². The van der Waals surface area contributed by atoms with Gasteiger partial charge in [0, 0.05) is 12.0 Å². The first-order valence-corrected chi connectivity index (χ1v) is 7.54. The van der Waals surface area contributed by atoms with Crippen LogP contribution in [0.2, 0.25) is 0 Å². The molecule has 1 aromatic rings. The maximum Gasteiger partial charge on any atom is 0.342 e. The van der Waals surface area contributed by atoms with Gasteiger partial charge in [-0.1, -0.05) is 6.92 Å². The number of phenols is 1. The highest BCUT2D eigenvalue weighted by molar-refractivity contribution is 5.97. The predicted molar refractivity (Wildman–Crippen MR) is 78.9 cm³/mol. The summed E-state index contributed by atoms with van der Waals surface area (Å²) in [4.78, 5) is 12.3. The molecule has 0 radical (unpaired) electrons. The number of carbonyl (C=O) groups is 1. The number of hydrogen-bond donors (Lipinski definition) is 2. The predicted octanol–water partition coefficient (Wildman–Crippen LogP) is 1.55. The highest BCUT2D eigenvalue weighted by Gasteiger charge is 2.47. The summed E-state index contributed by atoms with van der Waals surface area (Å²) in [5, 5.41) is 20.3. The van der Waals surface area contributed by atoms with E-state index in [4.69, 9.17) is 18.9 Å². The van der Waals surface area contributed by atoms with Crippen LogP contribution >= 0.6 is 0 Å². The highest BCUT2D eigenvalue weighted by atomic mass is 16.6. The molecule has 4 atom stereocenters. The van der Waals surface area contributed by atoms with E-state index in [1.54, 1.807) is 6.07 Å². The fourth-order valence-corrected chi connectivity index (χ4v) is 3.21. The second-order valence-electron chi connectivity index (χ2n) is 5.68. The molecule has 23 heavy (non-hydrogen) atoms. The van der Waals surface area contributed by atoms with Crippen molar-refractivity contribution in [2.24, 2.45) is 0 Å². The number of phenolic OH excluding ortho intramolecular Hbond substituents is 1. The van der Waals surface area contributed by atoms with Crippen molar-refractivity contribution in [1.29, 1.82) is 0 Å². The van der Waals surface area contributed by atoms with Crippen LogP contribution in [0, 0.1) is 0 Å². The summed E-state index contributed by atoms with van der Waals surface area (Å²) >= 11 is 0. The van der Waals surface area contributed by atoms with E-state index in [0.717, 1.165) is 0 Å². The standard InChI is InChI=1S/C16H20O7/c1-4-8(17)9-6-11-14(22-9)7-5-10(20-2)15(21-3)13(18)12(7)16(19)23-11/h5,8-9,11,14,17-18H,4,6H2,1-3H3. The van der Waals surface area contributed by atoms with Crippen molar-refractivity contribution >= 4 is 5.97 Å². The minimum Gasteiger partial charge on any atom is -0.504 e. The summed E-state index contributed by atoms with van der Waals surface area (Å²) in [7, 11) is 2.82. The Hall–Kier alpha value is -1.99. The second kappa shape index (κ2) is 5.90. The van der Waals surface area contributed by atoms with Crippen LogP contribution in [0.1, 0.15) is 41.8 Å². The Morgan fingerprint density at radius 3 is 2.74 bits per heavy atom. The van der Waals surface area contributed by atoms with Crippen molar-refractivity contribution in [3.05, 3.63) is 17.2 Å². The highest BCUT2D eigenvalue weighted by Crippen LogP contribution is 2.50. The molecule has 7 heteroatoms. The van der Waals surface area contributed by atoms with Gasteiger partial charge in [-0.3, -0.25) is 0 Å². The summed E-state index contributed by atoms with van der Waals surface area (Å²) < 4.78 is 21.6. The molecule has 4 unspecified atom stereocenters. The summed E-state index contributed by atoms with van der Waals surface area (Å²) in [6.07, 6.45) is -1.11. The average Bonchev–Trinajstić information content (AvgIpc) is 2.97. The number of aliphatic hydroxyl groups is 1. The van der Waals surface area contributed by atoms with Gasteiger partial charge in [0.1, 0.15) is 17.8 Å². The number of fused-ring (bicyclic) bond motifs is 3. The molecule has 0 amide bonds. The quantitative estimate of drug-likeness (QED) is 0.811. The lowest BCUT2D eigenvalue weighted by Crippen LogP contribution is -2.29. The fraction of sp³-hybridized carbons (Fsp3) is 0.562. The average molecular weight is 324 g/mol. The minimum atomic E-state index is -0.630. The van der Waals surface area contributed by atoms with Gasteiger partial charge in [0.25, 0.3) is 0 Å². The minimum absolute atomic E-state index is 0.0236. The van der Waals surface area contributed by atoms with Gasteiger partial charge in [0.2, 0.25) is 5.75 Å². The summed E-state index contributed by atoms with van der Waals surface area (Å²) in [6.45, 7) is 1.86. The Balaban J connectivity index is 2.06. The number of aromatic hydroxyl groups is 1. The molecule has 2 aliphatic rings. The largest absolute Gasteiger partial charge is 0.504 e. The second-order valence-corrected chi connectivity index (χ2v) is 5.68. The third-order valence-electron chi connectivity index (χ3n) is 4.42. The number of esters is 1. The van der Waals surface area contributed by atoms with Crippen LogP contribution in [0.3, 0.4) is 0 Å². The van der Waals surface area contributed by atoms with Crippen molar-refractivity contribution in [1.82, 2.24) is 0 Å². The molecule has 126 valence electrons. The molecule has 1 fully saturated rings. The molecule has 1 aromatic carbocycles. The molecule has 7 nitrogen and oxygen atoms in total. The van der Waals surface area contributed by atoms with Crippen LogP contribution < -0.4 is 9.47 Å². The number of benzene rings is 1. The number of hydrogen-bond acceptors (Lipinski definition) is 7. The van der Waals surface area contributed by atoms with E-state index in [1.165, 1.54) is 14.2 Å². The maximum absolute atomic E-state index is 12.3. The smallest absolute Gasteiger partial charge is 0.342 e. The van der Waals surface area contributed by atoms with Crippen molar-refractivity contribution in [2.75, 3.05) is 14.2 Å². The van der Waals surface area contributed by atoms with Crippen LogP contribution in [-0.4, -0.2) is 48.7 Å². The van der Waals surface area contributed by atoms with Crippen molar-refractivity contribution in [3.8, 4) is 17.2 Å². The van der Waals surface area contributed by atoms with E-state index in [-0.39, 0.29) is 17.1 Å².